The SMILES string of the molecule is COc1ccccc1CNC(=O)CSCCCc1ccccc1. The first-order valence-electron chi connectivity index (χ1n) is 7.80. The zero-order valence-electron chi connectivity index (χ0n) is 13.5. The molecule has 0 bridgehead atoms. The van der Waals surface area contributed by atoms with Gasteiger partial charge in [0.2, 0.25) is 5.91 Å². The van der Waals surface area contributed by atoms with Gasteiger partial charge in [0, 0.05) is 12.1 Å². The maximum Gasteiger partial charge on any atom is 0.230 e. The van der Waals surface area contributed by atoms with Crippen LogP contribution in [0.4, 0.5) is 0 Å². The number of carbonyl (C=O) groups excluding carboxylic acids is 1. The Bertz CT molecular complexity index is 601. The highest BCUT2D eigenvalue weighted by Crippen LogP contribution is 2.16. The molecule has 0 fully saturated rings. The Morgan fingerprint density at radius 3 is 2.61 bits per heavy atom. The molecule has 122 valence electrons. The second-order valence-corrected chi connectivity index (χ2v) is 6.34. The molecule has 3 nitrogen and oxygen atoms in total. The summed E-state index contributed by atoms with van der Waals surface area (Å²) in [5.74, 6) is 2.38. The van der Waals surface area contributed by atoms with Crippen LogP contribution in [-0.2, 0) is 17.8 Å². The van der Waals surface area contributed by atoms with Gasteiger partial charge in [-0.05, 0) is 30.2 Å². The Morgan fingerprint density at radius 2 is 1.83 bits per heavy atom. The molecule has 2 rings (SSSR count). The van der Waals surface area contributed by atoms with Crippen LogP contribution in [0, 0.1) is 0 Å². The van der Waals surface area contributed by atoms with Crippen LogP contribution in [0.2, 0.25) is 0 Å². The summed E-state index contributed by atoms with van der Waals surface area (Å²) in [6.07, 6.45) is 2.16. The van der Waals surface area contributed by atoms with Crippen molar-refractivity contribution < 1.29 is 9.53 Å². The third-order valence-corrected chi connectivity index (χ3v) is 4.54. The Hall–Kier alpha value is -1.94. The van der Waals surface area contributed by atoms with Crippen molar-refractivity contribution in [3.8, 4) is 5.75 Å². The number of para-hydroxylation sites is 1. The van der Waals surface area contributed by atoms with Crippen LogP contribution >= 0.6 is 11.8 Å². The maximum absolute atomic E-state index is 11.9. The molecule has 2 aromatic carbocycles. The highest BCUT2D eigenvalue weighted by molar-refractivity contribution is 7.99. The minimum atomic E-state index is 0.0700. The molecule has 0 saturated heterocycles. The van der Waals surface area contributed by atoms with Crippen LogP contribution in [0.5, 0.6) is 5.75 Å². The Kier molecular flexibility index (Phi) is 7.54. The Labute approximate surface area is 142 Å². The molecule has 2 aromatic rings. The Balaban J connectivity index is 1.60. The van der Waals surface area contributed by atoms with Gasteiger partial charge in [-0.15, -0.1) is 0 Å². The van der Waals surface area contributed by atoms with Gasteiger partial charge < -0.3 is 10.1 Å². The topological polar surface area (TPSA) is 38.3 Å². The summed E-state index contributed by atoms with van der Waals surface area (Å²) < 4.78 is 5.28. The van der Waals surface area contributed by atoms with Crippen molar-refractivity contribution in [2.45, 2.75) is 19.4 Å². The van der Waals surface area contributed by atoms with Crippen LogP contribution in [0.3, 0.4) is 0 Å². The van der Waals surface area contributed by atoms with Gasteiger partial charge in [0.05, 0.1) is 12.9 Å². The fraction of sp³-hybridized carbons (Fsp3) is 0.316. The van der Waals surface area contributed by atoms with E-state index >= 15 is 0 Å². The summed E-state index contributed by atoms with van der Waals surface area (Å²) in [6.45, 7) is 0.507. The number of hydrogen-bond acceptors (Lipinski definition) is 3. The first kappa shape index (κ1) is 17.4. The van der Waals surface area contributed by atoms with E-state index in [4.69, 9.17) is 4.74 Å². The first-order valence-corrected chi connectivity index (χ1v) is 8.95. The molecular weight excluding hydrogens is 306 g/mol. The van der Waals surface area contributed by atoms with Crippen molar-refractivity contribution in [3.63, 3.8) is 0 Å². The minimum absolute atomic E-state index is 0.0700. The van der Waals surface area contributed by atoms with E-state index in [-0.39, 0.29) is 5.91 Å². The molecule has 0 aliphatic carbocycles. The minimum Gasteiger partial charge on any atom is -0.496 e. The number of hydrogen-bond donors (Lipinski definition) is 1. The summed E-state index contributed by atoms with van der Waals surface area (Å²) in [7, 11) is 1.64. The summed E-state index contributed by atoms with van der Waals surface area (Å²) in [5.41, 5.74) is 2.35. The lowest BCUT2D eigenvalue weighted by atomic mass is 10.1. The molecule has 0 radical (unpaired) electrons. The number of aryl methyl sites for hydroxylation is 1. The molecule has 0 aliphatic heterocycles. The zero-order valence-corrected chi connectivity index (χ0v) is 14.3. The third kappa shape index (κ3) is 6.37. The van der Waals surface area contributed by atoms with Gasteiger partial charge in [0.25, 0.3) is 0 Å². The predicted molar refractivity (Wildman–Crippen MR) is 96.9 cm³/mol. The van der Waals surface area contributed by atoms with Crippen molar-refractivity contribution in [2.75, 3.05) is 18.6 Å². The van der Waals surface area contributed by atoms with E-state index in [2.05, 4.69) is 29.6 Å². The van der Waals surface area contributed by atoms with Gasteiger partial charge in [-0.1, -0.05) is 48.5 Å². The molecular formula is C19H23NO2S. The third-order valence-electron chi connectivity index (χ3n) is 3.50. The number of thioether (sulfide) groups is 1. The van der Waals surface area contributed by atoms with E-state index < -0.39 is 0 Å². The second-order valence-electron chi connectivity index (χ2n) is 5.23. The molecule has 0 saturated carbocycles. The van der Waals surface area contributed by atoms with E-state index in [1.165, 1.54) is 5.56 Å². The number of benzene rings is 2. The largest absolute Gasteiger partial charge is 0.496 e. The van der Waals surface area contributed by atoms with E-state index in [1.54, 1.807) is 18.9 Å². The number of carbonyl (C=O) groups is 1. The van der Waals surface area contributed by atoms with Gasteiger partial charge >= 0.3 is 0 Å². The molecule has 1 N–H and O–H groups in total. The highest BCUT2D eigenvalue weighted by atomic mass is 32.2. The van der Waals surface area contributed by atoms with Crippen molar-refractivity contribution >= 4 is 17.7 Å². The summed E-state index contributed by atoms with van der Waals surface area (Å²) in [4.78, 5) is 11.9. The van der Waals surface area contributed by atoms with Crippen molar-refractivity contribution in [2.24, 2.45) is 0 Å². The summed E-state index contributed by atoms with van der Waals surface area (Å²) in [5, 5.41) is 2.94. The first-order chi connectivity index (χ1) is 11.3. The van der Waals surface area contributed by atoms with Gasteiger partial charge in [-0.2, -0.15) is 11.8 Å². The van der Waals surface area contributed by atoms with Crippen molar-refractivity contribution in [1.29, 1.82) is 0 Å². The monoisotopic (exact) mass is 329 g/mol. The van der Waals surface area contributed by atoms with Gasteiger partial charge in [0.15, 0.2) is 0 Å². The predicted octanol–water partition coefficient (Wildman–Crippen LogP) is 3.68. The standard InChI is InChI=1S/C19H23NO2S/c1-22-18-12-6-5-11-17(18)14-20-19(21)15-23-13-7-10-16-8-3-2-4-9-16/h2-6,8-9,11-12H,7,10,13-15H2,1H3,(H,20,21). The number of nitrogens with one attached hydrogen (secondary N) is 1. The molecule has 0 heterocycles. The molecule has 1 amide bonds. The quantitative estimate of drug-likeness (QED) is 0.713. The molecule has 0 aliphatic rings. The summed E-state index contributed by atoms with van der Waals surface area (Å²) in [6, 6.07) is 18.2. The fourth-order valence-electron chi connectivity index (χ4n) is 2.28. The average molecular weight is 329 g/mol. The molecule has 23 heavy (non-hydrogen) atoms. The molecule has 0 unspecified atom stereocenters. The van der Waals surface area contributed by atoms with Crippen LogP contribution < -0.4 is 10.1 Å². The normalized spacial score (nSPS) is 10.3. The lowest BCUT2D eigenvalue weighted by Crippen LogP contribution is -2.25. The van der Waals surface area contributed by atoms with Crippen molar-refractivity contribution in [3.05, 3.63) is 65.7 Å². The highest BCUT2D eigenvalue weighted by Gasteiger charge is 2.05. The van der Waals surface area contributed by atoms with Crippen LogP contribution in [0.25, 0.3) is 0 Å². The van der Waals surface area contributed by atoms with E-state index in [0.29, 0.717) is 12.3 Å². The smallest absolute Gasteiger partial charge is 0.230 e. The number of amides is 1. The van der Waals surface area contributed by atoms with Crippen LogP contribution in [-0.4, -0.2) is 24.5 Å². The van der Waals surface area contributed by atoms with Crippen LogP contribution in [0.15, 0.2) is 54.6 Å². The van der Waals surface area contributed by atoms with Gasteiger partial charge in [0.1, 0.15) is 5.75 Å². The van der Waals surface area contributed by atoms with E-state index in [9.17, 15) is 4.79 Å². The molecule has 0 spiro atoms. The Morgan fingerprint density at radius 1 is 1.09 bits per heavy atom. The zero-order chi connectivity index (χ0) is 16.3. The second kappa shape index (κ2) is 9.95. The molecule has 4 heteroatoms. The number of methoxy groups -OCH3 is 1. The van der Waals surface area contributed by atoms with Gasteiger partial charge in [-0.25, -0.2) is 0 Å². The number of ether oxygens (including phenoxy) is 1. The number of rotatable bonds is 9. The fourth-order valence-corrected chi connectivity index (χ4v) is 3.06. The van der Waals surface area contributed by atoms with Crippen LogP contribution in [0.1, 0.15) is 17.5 Å². The lowest BCUT2D eigenvalue weighted by molar-refractivity contribution is -0.118. The van der Waals surface area contributed by atoms with Gasteiger partial charge in [-0.3, -0.25) is 4.79 Å². The lowest BCUT2D eigenvalue weighted by Gasteiger charge is -2.09. The average Bonchev–Trinajstić information content (AvgIpc) is 2.60. The van der Waals surface area contributed by atoms with E-state index in [1.807, 2.05) is 30.3 Å². The maximum atomic E-state index is 11.9. The van der Waals surface area contributed by atoms with Crippen molar-refractivity contribution in [1.82, 2.24) is 5.32 Å². The van der Waals surface area contributed by atoms with E-state index in [0.717, 1.165) is 29.9 Å². The summed E-state index contributed by atoms with van der Waals surface area (Å²) >= 11 is 1.68. The molecule has 0 atom stereocenters. The molecule has 0 aromatic heterocycles.